The van der Waals surface area contributed by atoms with Crippen molar-refractivity contribution in [3.05, 3.63) is 30.1 Å². The Hall–Kier alpha value is -1.17. The first-order valence-electron chi connectivity index (χ1n) is 6.69. The van der Waals surface area contributed by atoms with Crippen molar-refractivity contribution in [2.45, 2.75) is 45.1 Å². The van der Waals surface area contributed by atoms with Crippen LogP contribution in [0, 0.1) is 6.92 Å². The van der Waals surface area contributed by atoms with E-state index in [4.69, 9.17) is 0 Å². The second-order valence-electron chi connectivity index (χ2n) is 5.58. The minimum atomic E-state index is -0.960. The maximum atomic E-state index is 9.95. The number of rotatable bonds is 4. The van der Waals surface area contributed by atoms with Gasteiger partial charge in [0.15, 0.2) is 0 Å². The first kappa shape index (κ1) is 14.2. The average molecular weight is 265 g/mol. The fourth-order valence-corrected chi connectivity index (χ4v) is 2.41. The number of allylic oxidation sites excluding steroid dienone is 1. The van der Waals surface area contributed by atoms with Crippen LogP contribution in [0.1, 0.15) is 24.6 Å². The number of aliphatic hydroxyl groups is 2. The highest BCUT2D eigenvalue weighted by Crippen LogP contribution is 2.23. The summed E-state index contributed by atoms with van der Waals surface area (Å²) >= 11 is 0. The molecular weight excluding hydrogens is 242 g/mol. The van der Waals surface area contributed by atoms with Gasteiger partial charge in [-0.2, -0.15) is 5.10 Å². The highest BCUT2D eigenvalue weighted by atomic mass is 16.3. The monoisotopic (exact) mass is 265 g/mol. The van der Waals surface area contributed by atoms with Crippen molar-refractivity contribution in [3.63, 3.8) is 0 Å². The minimum absolute atomic E-state index is 0.499. The van der Waals surface area contributed by atoms with Gasteiger partial charge in [-0.3, -0.25) is 9.58 Å². The van der Waals surface area contributed by atoms with Gasteiger partial charge < -0.3 is 10.2 Å². The lowest BCUT2D eigenvalue weighted by Gasteiger charge is -2.39. The standard InChI is InChI=1S/C14H23N3O2/c1-4-6-17-11(2)12(8-15-17)9-16-7-5-14(3,19)13(18)10-16/h4,8,13,18-19H,1,5-7,9-10H2,2-3H3/t13-,14-/m0/s1. The minimum Gasteiger partial charge on any atom is -0.389 e. The van der Waals surface area contributed by atoms with Crippen LogP contribution in [0.4, 0.5) is 0 Å². The number of hydrogen-bond donors (Lipinski definition) is 2. The quantitative estimate of drug-likeness (QED) is 0.787. The molecular formula is C14H23N3O2. The number of likely N-dealkylation sites (tertiary alicyclic amines) is 1. The summed E-state index contributed by atoms with van der Waals surface area (Å²) in [7, 11) is 0. The molecule has 0 aliphatic carbocycles. The van der Waals surface area contributed by atoms with E-state index in [0.29, 0.717) is 19.5 Å². The van der Waals surface area contributed by atoms with Gasteiger partial charge in [-0.05, 0) is 20.3 Å². The topological polar surface area (TPSA) is 61.5 Å². The highest BCUT2D eigenvalue weighted by Gasteiger charge is 2.36. The van der Waals surface area contributed by atoms with E-state index in [1.165, 1.54) is 0 Å². The summed E-state index contributed by atoms with van der Waals surface area (Å²) < 4.78 is 1.92. The van der Waals surface area contributed by atoms with E-state index in [1.54, 1.807) is 6.92 Å². The Balaban J connectivity index is 2.01. The zero-order valence-corrected chi connectivity index (χ0v) is 11.7. The van der Waals surface area contributed by atoms with Crippen LogP contribution < -0.4 is 0 Å². The number of hydrogen-bond acceptors (Lipinski definition) is 4. The van der Waals surface area contributed by atoms with Crippen molar-refractivity contribution in [1.82, 2.24) is 14.7 Å². The smallest absolute Gasteiger partial charge is 0.0951 e. The first-order chi connectivity index (χ1) is 8.94. The van der Waals surface area contributed by atoms with E-state index in [2.05, 4.69) is 16.6 Å². The zero-order chi connectivity index (χ0) is 14.0. The largest absolute Gasteiger partial charge is 0.389 e. The van der Waals surface area contributed by atoms with Crippen molar-refractivity contribution in [2.24, 2.45) is 0 Å². The molecule has 1 aromatic heterocycles. The number of piperidine rings is 1. The van der Waals surface area contributed by atoms with Crippen LogP contribution in [0.5, 0.6) is 0 Å². The molecule has 1 aromatic rings. The van der Waals surface area contributed by atoms with Gasteiger partial charge in [-0.1, -0.05) is 6.08 Å². The molecule has 1 fully saturated rings. The molecule has 5 heteroatoms. The van der Waals surface area contributed by atoms with E-state index < -0.39 is 11.7 Å². The lowest BCUT2D eigenvalue weighted by Crippen LogP contribution is -2.53. The molecule has 2 heterocycles. The Labute approximate surface area is 114 Å². The summed E-state index contributed by atoms with van der Waals surface area (Å²) in [4.78, 5) is 2.16. The summed E-state index contributed by atoms with van der Waals surface area (Å²) in [5.41, 5.74) is 1.33. The molecule has 0 bridgehead atoms. The molecule has 2 atom stereocenters. The van der Waals surface area contributed by atoms with Gasteiger partial charge in [0.1, 0.15) is 0 Å². The van der Waals surface area contributed by atoms with E-state index in [0.717, 1.165) is 24.3 Å². The molecule has 0 unspecified atom stereocenters. The van der Waals surface area contributed by atoms with Crippen molar-refractivity contribution < 1.29 is 10.2 Å². The number of β-amino-alcohol motifs (C(OH)–C–C–N with tert-alkyl or cyclic N) is 1. The van der Waals surface area contributed by atoms with Gasteiger partial charge >= 0.3 is 0 Å². The van der Waals surface area contributed by atoms with Crippen molar-refractivity contribution in [2.75, 3.05) is 13.1 Å². The Morgan fingerprint density at radius 2 is 2.37 bits per heavy atom. The molecule has 5 nitrogen and oxygen atoms in total. The number of aliphatic hydroxyl groups excluding tert-OH is 1. The average Bonchev–Trinajstić information content (AvgIpc) is 2.68. The molecule has 106 valence electrons. The normalized spacial score (nSPS) is 28.5. The van der Waals surface area contributed by atoms with E-state index in [-0.39, 0.29) is 0 Å². The summed E-state index contributed by atoms with van der Waals surface area (Å²) in [5, 5.41) is 24.2. The summed E-state index contributed by atoms with van der Waals surface area (Å²) in [6.07, 6.45) is 3.60. The molecule has 1 aliphatic rings. The van der Waals surface area contributed by atoms with Gasteiger partial charge in [0.25, 0.3) is 0 Å². The molecule has 2 N–H and O–H groups in total. The fraction of sp³-hybridized carbons (Fsp3) is 0.643. The second-order valence-corrected chi connectivity index (χ2v) is 5.58. The van der Waals surface area contributed by atoms with Crippen LogP contribution in [0.25, 0.3) is 0 Å². The van der Waals surface area contributed by atoms with Crippen molar-refractivity contribution >= 4 is 0 Å². The lowest BCUT2D eigenvalue weighted by molar-refractivity contribution is -0.108. The Morgan fingerprint density at radius 1 is 1.63 bits per heavy atom. The van der Waals surface area contributed by atoms with E-state index in [9.17, 15) is 10.2 Å². The molecule has 0 saturated carbocycles. The van der Waals surface area contributed by atoms with Crippen LogP contribution in [0.2, 0.25) is 0 Å². The molecule has 0 radical (unpaired) electrons. The predicted octanol–water partition coefficient (Wildman–Crippen LogP) is 0.695. The third kappa shape index (κ3) is 3.05. The third-order valence-corrected chi connectivity index (χ3v) is 3.98. The number of nitrogens with zero attached hydrogens (tertiary/aromatic N) is 3. The molecule has 1 saturated heterocycles. The predicted molar refractivity (Wildman–Crippen MR) is 73.7 cm³/mol. The zero-order valence-electron chi connectivity index (χ0n) is 11.7. The van der Waals surface area contributed by atoms with Gasteiger partial charge in [0, 0.05) is 30.9 Å². The molecule has 0 aromatic carbocycles. The fourth-order valence-electron chi connectivity index (χ4n) is 2.41. The Morgan fingerprint density at radius 3 is 3.00 bits per heavy atom. The first-order valence-corrected chi connectivity index (χ1v) is 6.69. The van der Waals surface area contributed by atoms with Crippen LogP contribution >= 0.6 is 0 Å². The molecule has 1 aliphatic heterocycles. The van der Waals surface area contributed by atoms with E-state index >= 15 is 0 Å². The molecule has 2 rings (SSSR count). The van der Waals surface area contributed by atoms with Gasteiger partial charge in [-0.15, -0.1) is 6.58 Å². The summed E-state index contributed by atoms with van der Waals surface area (Å²) in [5.74, 6) is 0. The molecule has 19 heavy (non-hydrogen) atoms. The van der Waals surface area contributed by atoms with Crippen molar-refractivity contribution in [3.8, 4) is 0 Å². The Bertz CT molecular complexity index is 454. The van der Waals surface area contributed by atoms with Crippen molar-refractivity contribution in [1.29, 1.82) is 0 Å². The molecule has 0 spiro atoms. The maximum Gasteiger partial charge on any atom is 0.0951 e. The number of aromatic nitrogens is 2. The maximum absolute atomic E-state index is 9.95. The summed E-state index contributed by atoms with van der Waals surface area (Å²) in [6, 6.07) is 0. The highest BCUT2D eigenvalue weighted by molar-refractivity contribution is 5.16. The SMILES string of the molecule is C=CCn1ncc(CN2CC[C@](C)(O)[C@@H](O)C2)c1C. The van der Waals surface area contributed by atoms with Crippen LogP contribution in [-0.2, 0) is 13.1 Å². The molecule has 0 amide bonds. The van der Waals surface area contributed by atoms with Gasteiger partial charge in [-0.25, -0.2) is 0 Å². The lowest BCUT2D eigenvalue weighted by atomic mass is 9.90. The Kier molecular flexibility index (Phi) is 4.08. The van der Waals surface area contributed by atoms with Crippen LogP contribution in [-0.4, -0.2) is 49.7 Å². The van der Waals surface area contributed by atoms with Gasteiger partial charge in [0.05, 0.1) is 24.4 Å². The van der Waals surface area contributed by atoms with E-state index in [1.807, 2.05) is 23.9 Å². The van der Waals surface area contributed by atoms with Crippen LogP contribution in [0.15, 0.2) is 18.9 Å². The van der Waals surface area contributed by atoms with Gasteiger partial charge in [0.2, 0.25) is 0 Å². The van der Waals surface area contributed by atoms with Crippen LogP contribution in [0.3, 0.4) is 0 Å². The summed E-state index contributed by atoms with van der Waals surface area (Å²) in [6.45, 7) is 10.2. The second kappa shape index (κ2) is 5.45. The third-order valence-electron chi connectivity index (χ3n) is 3.98.